The number of benzene rings is 1. The number of carbonyl (C=O) groups is 2. The maximum absolute atomic E-state index is 12.7. The summed E-state index contributed by atoms with van der Waals surface area (Å²) in [5.41, 5.74) is 2.25. The van der Waals surface area contributed by atoms with Crippen LogP contribution in [-0.2, 0) is 9.53 Å². The second kappa shape index (κ2) is 6.47. The summed E-state index contributed by atoms with van der Waals surface area (Å²) in [6.07, 6.45) is 0. The molecule has 7 heteroatoms. The predicted octanol–water partition coefficient (Wildman–Crippen LogP) is 2.04. The van der Waals surface area contributed by atoms with Crippen molar-refractivity contribution in [2.24, 2.45) is 0 Å². The minimum absolute atomic E-state index is 0.0203. The van der Waals surface area contributed by atoms with Gasteiger partial charge in [0.05, 0.1) is 13.2 Å². The van der Waals surface area contributed by atoms with Crippen LogP contribution in [0.25, 0.3) is 10.6 Å². The molecule has 0 radical (unpaired) electrons. The van der Waals surface area contributed by atoms with Crippen LogP contribution in [-0.4, -0.2) is 52.7 Å². The van der Waals surface area contributed by atoms with Gasteiger partial charge < -0.3 is 14.7 Å². The van der Waals surface area contributed by atoms with Crippen molar-refractivity contribution in [3.63, 3.8) is 0 Å². The topological polar surface area (TPSA) is 79.7 Å². The number of carboxylic acid groups (broad SMARTS) is 1. The largest absolute Gasteiger partial charge is 0.480 e. The Kier molecular flexibility index (Phi) is 4.40. The molecular formula is C16H16N2O4S. The normalized spacial score (nSPS) is 18.0. The lowest BCUT2D eigenvalue weighted by Gasteiger charge is -2.32. The highest BCUT2D eigenvalue weighted by molar-refractivity contribution is 7.13. The third kappa shape index (κ3) is 3.25. The number of nitrogens with zero attached hydrogens (tertiary/aromatic N) is 2. The zero-order chi connectivity index (χ0) is 16.4. The lowest BCUT2D eigenvalue weighted by molar-refractivity contribution is -0.147. The van der Waals surface area contributed by atoms with Crippen molar-refractivity contribution in [3.8, 4) is 10.6 Å². The maximum atomic E-state index is 12.7. The van der Waals surface area contributed by atoms with Gasteiger partial charge >= 0.3 is 5.97 Å². The number of morpholine rings is 1. The molecule has 120 valence electrons. The van der Waals surface area contributed by atoms with Crippen molar-refractivity contribution >= 4 is 23.2 Å². The van der Waals surface area contributed by atoms with E-state index in [4.69, 9.17) is 4.74 Å². The minimum Gasteiger partial charge on any atom is -0.480 e. The molecule has 0 unspecified atom stereocenters. The molecule has 3 rings (SSSR count). The first kappa shape index (κ1) is 15.6. The van der Waals surface area contributed by atoms with Gasteiger partial charge in [-0.1, -0.05) is 12.1 Å². The first-order valence-electron chi connectivity index (χ1n) is 7.20. The molecule has 1 aromatic carbocycles. The number of aliphatic carboxylic acids is 1. The fraction of sp³-hybridized carbons (Fsp3) is 0.312. The van der Waals surface area contributed by atoms with Crippen LogP contribution in [0, 0.1) is 6.92 Å². The van der Waals surface area contributed by atoms with E-state index in [0.717, 1.165) is 16.3 Å². The highest BCUT2D eigenvalue weighted by Crippen LogP contribution is 2.25. The highest BCUT2D eigenvalue weighted by Gasteiger charge is 2.33. The van der Waals surface area contributed by atoms with Crippen LogP contribution in [0.1, 0.15) is 16.1 Å². The van der Waals surface area contributed by atoms with Gasteiger partial charge in [-0.25, -0.2) is 9.78 Å². The third-order valence-electron chi connectivity index (χ3n) is 3.65. The Labute approximate surface area is 137 Å². The number of aryl methyl sites for hydroxylation is 1. The number of thiazole rings is 1. The molecule has 1 amide bonds. The van der Waals surface area contributed by atoms with Gasteiger partial charge in [0.15, 0.2) is 6.04 Å². The van der Waals surface area contributed by atoms with Gasteiger partial charge in [-0.05, 0) is 19.1 Å². The molecule has 0 spiro atoms. The maximum Gasteiger partial charge on any atom is 0.328 e. The summed E-state index contributed by atoms with van der Waals surface area (Å²) < 4.78 is 5.17. The second-order valence-electron chi connectivity index (χ2n) is 5.30. The highest BCUT2D eigenvalue weighted by atomic mass is 32.1. The molecule has 6 nitrogen and oxygen atoms in total. The Morgan fingerprint density at radius 2 is 2.26 bits per heavy atom. The minimum atomic E-state index is -1.05. The number of carboxylic acids is 1. The van der Waals surface area contributed by atoms with Gasteiger partial charge in [0, 0.05) is 28.7 Å². The fourth-order valence-electron chi connectivity index (χ4n) is 2.49. The van der Waals surface area contributed by atoms with Crippen LogP contribution in [0.2, 0.25) is 0 Å². The molecule has 1 aromatic heterocycles. The molecule has 0 aliphatic carbocycles. The van der Waals surface area contributed by atoms with Crippen molar-refractivity contribution in [1.82, 2.24) is 9.88 Å². The zero-order valence-corrected chi connectivity index (χ0v) is 13.4. The van der Waals surface area contributed by atoms with E-state index in [-0.39, 0.29) is 19.1 Å². The molecule has 1 aliphatic heterocycles. The molecule has 1 N–H and O–H groups in total. The summed E-state index contributed by atoms with van der Waals surface area (Å²) in [5, 5.41) is 12.0. The molecule has 0 bridgehead atoms. The summed E-state index contributed by atoms with van der Waals surface area (Å²) in [4.78, 5) is 29.8. The SMILES string of the molecule is Cc1csc(-c2cccc(C(=O)N3CCOC[C@@H]3C(=O)O)c2)n1. The van der Waals surface area contributed by atoms with Crippen LogP contribution in [0.4, 0.5) is 0 Å². The van der Waals surface area contributed by atoms with E-state index in [2.05, 4.69) is 4.98 Å². The van der Waals surface area contributed by atoms with E-state index in [1.54, 1.807) is 18.2 Å². The zero-order valence-electron chi connectivity index (χ0n) is 12.6. The number of ether oxygens (including phenoxy) is 1. The fourth-order valence-corrected chi connectivity index (χ4v) is 3.28. The van der Waals surface area contributed by atoms with Crippen LogP contribution < -0.4 is 0 Å². The van der Waals surface area contributed by atoms with Crippen molar-refractivity contribution in [2.45, 2.75) is 13.0 Å². The van der Waals surface area contributed by atoms with E-state index in [9.17, 15) is 14.7 Å². The van der Waals surface area contributed by atoms with Crippen LogP contribution in [0.3, 0.4) is 0 Å². The number of aromatic nitrogens is 1. The quantitative estimate of drug-likeness (QED) is 0.930. The van der Waals surface area contributed by atoms with E-state index in [1.807, 2.05) is 18.4 Å². The van der Waals surface area contributed by atoms with Crippen molar-refractivity contribution in [2.75, 3.05) is 19.8 Å². The number of hydrogen-bond donors (Lipinski definition) is 1. The lowest BCUT2D eigenvalue weighted by atomic mass is 10.1. The Balaban J connectivity index is 1.88. The van der Waals surface area contributed by atoms with Gasteiger partial charge in [-0.2, -0.15) is 0 Å². The van der Waals surface area contributed by atoms with Gasteiger partial charge in [0.2, 0.25) is 0 Å². The van der Waals surface area contributed by atoms with Crippen LogP contribution in [0.5, 0.6) is 0 Å². The molecule has 1 fully saturated rings. The van der Waals surface area contributed by atoms with Crippen molar-refractivity contribution < 1.29 is 19.4 Å². The van der Waals surface area contributed by atoms with Crippen LogP contribution >= 0.6 is 11.3 Å². The van der Waals surface area contributed by atoms with Crippen molar-refractivity contribution in [1.29, 1.82) is 0 Å². The average Bonchev–Trinajstić information content (AvgIpc) is 3.01. The van der Waals surface area contributed by atoms with E-state index in [0.29, 0.717) is 12.2 Å². The Morgan fingerprint density at radius 1 is 1.43 bits per heavy atom. The van der Waals surface area contributed by atoms with E-state index < -0.39 is 12.0 Å². The predicted molar refractivity (Wildman–Crippen MR) is 85.6 cm³/mol. The second-order valence-corrected chi connectivity index (χ2v) is 6.16. The number of amides is 1. The molecule has 1 saturated heterocycles. The molecule has 0 saturated carbocycles. The summed E-state index contributed by atoms with van der Waals surface area (Å²) in [5.74, 6) is -1.35. The molecule has 23 heavy (non-hydrogen) atoms. The van der Waals surface area contributed by atoms with Gasteiger partial charge in [-0.15, -0.1) is 11.3 Å². The summed E-state index contributed by atoms with van der Waals surface area (Å²) in [6.45, 7) is 2.56. The molecule has 1 atom stereocenters. The van der Waals surface area contributed by atoms with Gasteiger partial charge in [-0.3, -0.25) is 4.79 Å². The first-order valence-corrected chi connectivity index (χ1v) is 8.08. The molecular weight excluding hydrogens is 316 g/mol. The standard InChI is InChI=1S/C16H16N2O4S/c1-10-9-23-14(17-10)11-3-2-4-12(7-11)15(19)18-5-6-22-8-13(18)16(20)21/h2-4,7,9,13H,5-6,8H2,1H3,(H,20,21)/t13-/m1/s1. The van der Waals surface area contributed by atoms with Gasteiger partial charge in [0.1, 0.15) is 5.01 Å². The van der Waals surface area contributed by atoms with Crippen LogP contribution in [0.15, 0.2) is 29.6 Å². The lowest BCUT2D eigenvalue weighted by Crippen LogP contribution is -2.52. The van der Waals surface area contributed by atoms with Gasteiger partial charge in [0.25, 0.3) is 5.91 Å². The Bertz CT molecular complexity index is 743. The van der Waals surface area contributed by atoms with Crippen molar-refractivity contribution in [3.05, 3.63) is 40.9 Å². The number of carbonyl (C=O) groups excluding carboxylic acids is 1. The van der Waals surface area contributed by atoms with E-state index >= 15 is 0 Å². The third-order valence-corrected chi connectivity index (χ3v) is 4.66. The molecule has 2 aromatic rings. The van der Waals surface area contributed by atoms with E-state index in [1.165, 1.54) is 16.2 Å². The number of rotatable bonds is 3. The first-order chi connectivity index (χ1) is 11.1. The summed E-state index contributed by atoms with van der Waals surface area (Å²) >= 11 is 1.51. The summed E-state index contributed by atoms with van der Waals surface area (Å²) in [6, 6.07) is 6.19. The average molecular weight is 332 g/mol. The Morgan fingerprint density at radius 3 is 2.96 bits per heavy atom. The molecule has 2 heterocycles. The Hall–Kier alpha value is -2.25. The smallest absolute Gasteiger partial charge is 0.328 e. The monoisotopic (exact) mass is 332 g/mol. The number of hydrogen-bond acceptors (Lipinski definition) is 5. The summed E-state index contributed by atoms with van der Waals surface area (Å²) in [7, 11) is 0. The molecule has 1 aliphatic rings.